The molecule has 1 saturated heterocycles. The van der Waals surface area contributed by atoms with Crippen LogP contribution in [0.15, 0.2) is 46.5 Å². The Balaban J connectivity index is 0.000000837. The second-order valence-electron chi connectivity index (χ2n) is 8.14. The second-order valence-corrected chi connectivity index (χ2v) is 8.14. The Morgan fingerprint density at radius 1 is 1.31 bits per heavy atom. The fraction of sp³-hybridized carbons (Fsp3) is 0.435. The first-order chi connectivity index (χ1) is 15.3. The lowest BCUT2D eigenvalue weighted by molar-refractivity contribution is 0.194. The van der Waals surface area contributed by atoms with Crippen molar-refractivity contribution in [1.29, 1.82) is 5.41 Å². The molecule has 1 aliphatic heterocycles. The number of nitrogens with one attached hydrogen (secondary N) is 3. The van der Waals surface area contributed by atoms with Crippen molar-refractivity contribution in [3.63, 3.8) is 0 Å². The number of nitrogen functional groups attached to an aromatic ring is 1. The number of nitrogens with two attached hydrogens (primary N) is 3. The Hall–Kier alpha value is -3.01. The molecule has 1 aromatic carbocycles. The van der Waals surface area contributed by atoms with Crippen molar-refractivity contribution < 1.29 is 0 Å². The van der Waals surface area contributed by atoms with Crippen LogP contribution in [-0.2, 0) is 6.54 Å². The minimum Gasteiger partial charge on any atom is -0.390 e. The number of nitrogens with zero attached hydrogens (tertiary/aromatic N) is 3. The summed E-state index contributed by atoms with van der Waals surface area (Å²) in [6, 6.07) is 10.2. The molecule has 32 heavy (non-hydrogen) atoms. The van der Waals surface area contributed by atoms with Crippen molar-refractivity contribution in [2.75, 3.05) is 20.1 Å². The summed E-state index contributed by atoms with van der Waals surface area (Å²) >= 11 is 0. The maximum Gasteiger partial charge on any atom is 0.178 e. The molecular formula is C23H37N9. The van der Waals surface area contributed by atoms with Gasteiger partial charge in [-0.05, 0) is 62.8 Å². The van der Waals surface area contributed by atoms with Crippen molar-refractivity contribution in [2.45, 2.75) is 45.3 Å². The number of aliphatic imine (C=N–C) groups is 2. The van der Waals surface area contributed by atoms with Crippen molar-refractivity contribution in [2.24, 2.45) is 27.2 Å². The molecule has 9 nitrogen and oxygen atoms in total. The van der Waals surface area contributed by atoms with Gasteiger partial charge < -0.3 is 27.5 Å². The summed E-state index contributed by atoms with van der Waals surface area (Å²) in [6.45, 7) is 6.84. The highest BCUT2D eigenvalue weighted by Crippen LogP contribution is 2.20. The highest BCUT2D eigenvalue weighted by molar-refractivity contribution is 6.04. The lowest BCUT2D eigenvalue weighted by Crippen LogP contribution is -2.40. The van der Waals surface area contributed by atoms with Gasteiger partial charge in [0.05, 0.1) is 17.7 Å². The lowest BCUT2D eigenvalue weighted by Gasteiger charge is -2.31. The Kier molecular flexibility index (Phi) is 10.1. The van der Waals surface area contributed by atoms with E-state index in [1.54, 1.807) is 12.1 Å². The number of aromatic amines is 1. The Bertz CT molecular complexity index is 903. The summed E-state index contributed by atoms with van der Waals surface area (Å²) in [5, 5.41) is 11.0. The monoisotopic (exact) mass is 439 g/mol. The van der Waals surface area contributed by atoms with E-state index in [1.165, 1.54) is 6.34 Å². The zero-order valence-electron chi connectivity index (χ0n) is 19.3. The SMILES string of the molecule is CC(C)N.CNC1CCN(Cc2cc[nH]c2C(N=CN)=Nc2cccc(C(=N)N)c2)CC1. The molecule has 1 fully saturated rings. The van der Waals surface area contributed by atoms with Gasteiger partial charge in [-0.25, -0.2) is 9.98 Å². The third-order valence-electron chi connectivity index (χ3n) is 5.04. The zero-order chi connectivity index (χ0) is 23.5. The number of piperidine rings is 1. The molecule has 1 aromatic heterocycles. The molecule has 0 aliphatic carbocycles. The predicted octanol–water partition coefficient (Wildman–Crippen LogP) is 1.90. The number of aromatic nitrogens is 1. The van der Waals surface area contributed by atoms with E-state index in [9.17, 15) is 0 Å². The van der Waals surface area contributed by atoms with Crippen LogP contribution < -0.4 is 22.5 Å². The van der Waals surface area contributed by atoms with E-state index in [-0.39, 0.29) is 5.84 Å². The quantitative estimate of drug-likeness (QED) is 0.299. The summed E-state index contributed by atoms with van der Waals surface area (Å²) in [7, 11) is 2.03. The smallest absolute Gasteiger partial charge is 0.178 e. The van der Waals surface area contributed by atoms with Gasteiger partial charge >= 0.3 is 0 Å². The molecule has 0 amide bonds. The zero-order valence-corrected chi connectivity index (χ0v) is 19.3. The number of benzene rings is 1. The minimum atomic E-state index is 0.00598. The minimum absolute atomic E-state index is 0.00598. The standard InChI is InChI=1S/C20H28N8.C3H9N/c1-24-16-6-9-28(10-7-16)12-15-5-8-25-18(15)20(26-13-21)27-17-4-2-3-14(11-17)19(22)23;1-3(2)4/h2-5,8,11,13,16,24-25H,6-7,9-10,12H2,1H3,(H3,22,23)(H2,21,26,27);3H,4H2,1-2H3. The first kappa shape index (κ1) is 25.3. The van der Waals surface area contributed by atoms with Gasteiger partial charge in [0.25, 0.3) is 0 Å². The summed E-state index contributed by atoms with van der Waals surface area (Å²) in [4.78, 5) is 14.6. The van der Waals surface area contributed by atoms with Crippen molar-refractivity contribution in [1.82, 2.24) is 15.2 Å². The molecule has 0 saturated carbocycles. The number of rotatable bonds is 6. The van der Waals surface area contributed by atoms with Gasteiger partial charge in [-0.15, -0.1) is 0 Å². The average Bonchev–Trinajstić information content (AvgIpc) is 3.22. The number of amidine groups is 2. The fourth-order valence-electron chi connectivity index (χ4n) is 3.45. The molecule has 1 aliphatic rings. The van der Waals surface area contributed by atoms with Gasteiger partial charge in [0.2, 0.25) is 0 Å². The largest absolute Gasteiger partial charge is 0.390 e. The summed E-state index contributed by atoms with van der Waals surface area (Å²) in [5.74, 6) is 0.514. The van der Waals surface area contributed by atoms with Crippen molar-refractivity contribution >= 4 is 23.7 Å². The van der Waals surface area contributed by atoms with E-state index < -0.39 is 0 Å². The van der Waals surface area contributed by atoms with Crippen LogP contribution >= 0.6 is 0 Å². The van der Waals surface area contributed by atoms with E-state index in [0.717, 1.165) is 43.7 Å². The third kappa shape index (κ3) is 7.92. The van der Waals surface area contributed by atoms with Crippen LogP contribution in [0.5, 0.6) is 0 Å². The van der Waals surface area contributed by atoms with Crippen LogP contribution in [0.2, 0.25) is 0 Å². The fourth-order valence-corrected chi connectivity index (χ4v) is 3.45. The molecule has 3 rings (SSSR count). The second kappa shape index (κ2) is 12.7. The van der Waals surface area contributed by atoms with Gasteiger partial charge in [0, 0.05) is 24.3 Å². The number of hydrogen-bond donors (Lipinski definition) is 6. The summed E-state index contributed by atoms with van der Waals surface area (Å²) in [5.41, 5.74) is 19.5. The van der Waals surface area contributed by atoms with Gasteiger partial charge in [-0.2, -0.15) is 0 Å². The molecule has 9 N–H and O–H groups in total. The molecule has 2 heterocycles. The van der Waals surface area contributed by atoms with Crippen LogP contribution in [0.1, 0.15) is 43.5 Å². The van der Waals surface area contributed by atoms with Crippen LogP contribution in [-0.4, -0.2) is 60.1 Å². The van der Waals surface area contributed by atoms with Gasteiger partial charge in [0.15, 0.2) is 5.84 Å². The summed E-state index contributed by atoms with van der Waals surface area (Å²) < 4.78 is 0. The van der Waals surface area contributed by atoms with E-state index in [0.29, 0.717) is 29.2 Å². The molecule has 2 aromatic rings. The van der Waals surface area contributed by atoms with Crippen LogP contribution in [0.4, 0.5) is 5.69 Å². The first-order valence-corrected chi connectivity index (χ1v) is 10.9. The lowest BCUT2D eigenvalue weighted by atomic mass is 10.0. The highest BCUT2D eigenvalue weighted by Gasteiger charge is 2.20. The first-order valence-electron chi connectivity index (χ1n) is 10.9. The number of likely N-dealkylation sites (tertiary alicyclic amines) is 1. The third-order valence-corrected chi connectivity index (χ3v) is 5.04. The van der Waals surface area contributed by atoms with E-state index in [1.807, 2.05) is 39.2 Å². The molecule has 174 valence electrons. The molecule has 9 heteroatoms. The van der Waals surface area contributed by atoms with Crippen molar-refractivity contribution in [3.8, 4) is 0 Å². The molecule has 0 spiro atoms. The van der Waals surface area contributed by atoms with Gasteiger partial charge in [0.1, 0.15) is 5.84 Å². The van der Waals surface area contributed by atoms with Gasteiger partial charge in [-0.3, -0.25) is 10.3 Å². The molecule has 0 radical (unpaired) electrons. The summed E-state index contributed by atoms with van der Waals surface area (Å²) in [6.07, 6.45) is 5.45. The van der Waals surface area contributed by atoms with Crippen LogP contribution in [0.25, 0.3) is 0 Å². The topological polar surface area (TPSA) is 158 Å². The van der Waals surface area contributed by atoms with Gasteiger partial charge in [-0.1, -0.05) is 26.0 Å². The Morgan fingerprint density at radius 2 is 2.00 bits per heavy atom. The average molecular weight is 440 g/mol. The van der Waals surface area contributed by atoms with Crippen molar-refractivity contribution in [3.05, 3.63) is 53.3 Å². The maximum atomic E-state index is 7.60. The molecule has 0 bridgehead atoms. The molecule has 0 atom stereocenters. The maximum absolute atomic E-state index is 7.60. The van der Waals surface area contributed by atoms with E-state index in [2.05, 4.69) is 31.3 Å². The number of H-pyrrole nitrogens is 1. The molecular weight excluding hydrogens is 402 g/mol. The normalized spacial score (nSPS) is 15.7. The Morgan fingerprint density at radius 3 is 2.59 bits per heavy atom. The van der Waals surface area contributed by atoms with E-state index >= 15 is 0 Å². The molecule has 0 unspecified atom stereocenters. The predicted molar refractivity (Wildman–Crippen MR) is 134 cm³/mol. The number of hydrogen-bond acceptors (Lipinski definition) is 5. The van der Waals surface area contributed by atoms with Crippen LogP contribution in [0, 0.1) is 5.41 Å². The highest BCUT2D eigenvalue weighted by atomic mass is 15.1. The van der Waals surface area contributed by atoms with Crippen LogP contribution in [0.3, 0.4) is 0 Å². The Labute approximate surface area is 190 Å². The van der Waals surface area contributed by atoms with E-state index in [4.69, 9.17) is 22.6 Å².